The Morgan fingerprint density at radius 3 is 2.78 bits per heavy atom. The van der Waals surface area contributed by atoms with Gasteiger partial charge in [-0.2, -0.15) is 0 Å². The van der Waals surface area contributed by atoms with E-state index in [-0.39, 0.29) is 23.0 Å². The molecule has 1 fully saturated rings. The van der Waals surface area contributed by atoms with Gasteiger partial charge in [0.1, 0.15) is 5.75 Å². The highest BCUT2D eigenvalue weighted by atomic mass is 16.3. The predicted molar refractivity (Wildman–Crippen MR) is 72.6 cm³/mol. The summed E-state index contributed by atoms with van der Waals surface area (Å²) in [5.41, 5.74) is 1.51. The highest BCUT2D eigenvalue weighted by Crippen LogP contribution is 2.43. The molecule has 0 radical (unpaired) electrons. The van der Waals surface area contributed by atoms with Gasteiger partial charge in [0.05, 0.1) is 0 Å². The molecule has 1 atom stereocenters. The Balaban J connectivity index is 2.15. The second-order valence-corrected chi connectivity index (χ2v) is 5.87. The van der Waals surface area contributed by atoms with Crippen molar-refractivity contribution in [3.8, 4) is 5.75 Å². The Bertz CT molecular complexity index is 466. The van der Waals surface area contributed by atoms with Crippen molar-refractivity contribution in [3.63, 3.8) is 0 Å². The third-order valence-corrected chi connectivity index (χ3v) is 4.14. The fourth-order valence-corrected chi connectivity index (χ4v) is 2.79. The van der Waals surface area contributed by atoms with E-state index in [9.17, 15) is 9.90 Å². The number of phenols is 1. The van der Waals surface area contributed by atoms with E-state index in [0.29, 0.717) is 5.69 Å². The van der Waals surface area contributed by atoms with Gasteiger partial charge in [-0.05, 0) is 37.3 Å². The van der Waals surface area contributed by atoms with Gasteiger partial charge in [-0.25, -0.2) is 0 Å². The lowest BCUT2D eigenvalue weighted by atomic mass is 9.81. The molecule has 2 N–H and O–H groups in total. The molecule has 1 aliphatic carbocycles. The topological polar surface area (TPSA) is 49.3 Å². The van der Waals surface area contributed by atoms with Crippen LogP contribution in [-0.4, -0.2) is 11.0 Å². The van der Waals surface area contributed by atoms with Crippen LogP contribution in [0.3, 0.4) is 0 Å². The second kappa shape index (κ2) is 4.63. The van der Waals surface area contributed by atoms with Gasteiger partial charge >= 0.3 is 0 Å². The zero-order chi connectivity index (χ0) is 13.3. The molecule has 3 heteroatoms. The van der Waals surface area contributed by atoms with E-state index in [1.165, 1.54) is 0 Å². The smallest absolute Gasteiger partial charge is 0.228 e. The summed E-state index contributed by atoms with van der Waals surface area (Å²) in [6.07, 6.45) is 3.17. The molecular formula is C15H21NO2. The SMILES string of the molecule is Cc1c(O)cccc1NC(=O)C1CCCC1(C)C. The van der Waals surface area contributed by atoms with Gasteiger partial charge in [-0.15, -0.1) is 0 Å². The Labute approximate surface area is 108 Å². The van der Waals surface area contributed by atoms with Crippen LogP contribution in [0, 0.1) is 18.3 Å². The van der Waals surface area contributed by atoms with Crippen LogP contribution in [0.2, 0.25) is 0 Å². The Hall–Kier alpha value is -1.51. The van der Waals surface area contributed by atoms with Crippen LogP contribution in [-0.2, 0) is 4.79 Å². The summed E-state index contributed by atoms with van der Waals surface area (Å²) < 4.78 is 0. The lowest BCUT2D eigenvalue weighted by Crippen LogP contribution is -2.31. The first-order valence-corrected chi connectivity index (χ1v) is 6.51. The average molecular weight is 247 g/mol. The quantitative estimate of drug-likeness (QED) is 0.840. The number of hydrogen-bond donors (Lipinski definition) is 2. The van der Waals surface area contributed by atoms with E-state index in [4.69, 9.17) is 0 Å². The monoisotopic (exact) mass is 247 g/mol. The molecule has 1 unspecified atom stereocenters. The molecule has 2 rings (SSSR count). The van der Waals surface area contributed by atoms with Gasteiger partial charge < -0.3 is 10.4 Å². The summed E-state index contributed by atoms with van der Waals surface area (Å²) >= 11 is 0. The molecule has 1 amide bonds. The van der Waals surface area contributed by atoms with Crippen molar-refractivity contribution in [1.29, 1.82) is 0 Å². The first-order chi connectivity index (χ1) is 8.42. The average Bonchev–Trinajstić information content (AvgIpc) is 2.65. The fraction of sp³-hybridized carbons (Fsp3) is 0.533. The van der Waals surface area contributed by atoms with E-state index in [1.54, 1.807) is 12.1 Å². The second-order valence-electron chi connectivity index (χ2n) is 5.87. The van der Waals surface area contributed by atoms with Gasteiger partial charge in [0.25, 0.3) is 0 Å². The number of carbonyl (C=O) groups excluding carboxylic acids is 1. The number of carbonyl (C=O) groups is 1. The Morgan fingerprint density at radius 2 is 2.17 bits per heavy atom. The van der Waals surface area contributed by atoms with Gasteiger partial charge in [-0.1, -0.05) is 26.3 Å². The number of phenolic OH excluding ortho intramolecular Hbond substituents is 1. The number of aromatic hydroxyl groups is 1. The van der Waals surface area contributed by atoms with E-state index >= 15 is 0 Å². The predicted octanol–water partition coefficient (Wildman–Crippen LogP) is 3.47. The van der Waals surface area contributed by atoms with Crippen molar-refractivity contribution in [2.45, 2.75) is 40.0 Å². The van der Waals surface area contributed by atoms with Crippen molar-refractivity contribution in [2.24, 2.45) is 11.3 Å². The van der Waals surface area contributed by atoms with Crippen LogP contribution in [0.15, 0.2) is 18.2 Å². The van der Waals surface area contributed by atoms with E-state index in [2.05, 4.69) is 19.2 Å². The molecule has 1 saturated carbocycles. The lowest BCUT2D eigenvalue weighted by Gasteiger charge is -2.26. The van der Waals surface area contributed by atoms with Gasteiger partial charge in [0.2, 0.25) is 5.91 Å². The van der Waals surface area contributed by atoms with Crippen LogP contribution in [0.1, 0.15) is 38.7 Å². The molecule has 3 nitrogen and oxygen atoms in total. The van der Waals surface area contributed by atoms with E-state index in [1.807, 2.05) is 13.0 Å². The first-order valence-electron chi connectivity index (χ1n) is 6.51. The summed E-state index contributed by atoms with van der Waals surface area (Å²) in [6.45, 7) is 6.11. The maximum Gasteiger partial charge on any atom is 0.228 e. The molecule has 18 heavy (non-hydrogen) atoms. The number of benzene rings is 1. The van der Waals surface area contributed by atoms with Gasteiger partial charge in [-0.3, -0.25) is 4.79 Å². The van der Waals surface area contributed by atoms with Crippen molar-refractivity contribution in [3.05, 3.63) is 23.8 Å². The van der Waals surface area contributed by atoms with Crippen LogP contribution in [0.25, 0.3) is 0 Å². The maximum atomic E-state index is 12.3. The van der Waals surface area contributed by atoms with Crippen molar-refractivity contribution in [2.75, 3.05) is 5.32 Å². The molecule has 0 bridgehead atoms. The molecular weight excluding hydrogens is 226 g/mol. The third kappa shape index (κ3) is 2.35. The molecule has 98 valence electrons. The zero-order valence-corrected chi connectivity index (χ0v) is 11.3. The zero-order valence-electron chi connectivity index (χ0n) is 11.3. The number of anilines is 1. The lowest BCUT2D eigenvalue weighted by molar-refractivity contribution is -0.122. The Morgan fingerprint density at radius 1 is 1.44 bits per heavy atom. The highest BCUT2D eigenvalue weighted by Gasteiger charge is 2.39. The summed E-state index contributed by atoms with van der Waals surface area (Å²) in [5, 5.41) is 12.6. The van der Waals surface area contributed by atoms with Crippen LogP contribution >= 0.6 is 0 Å². The van der Waals surface area contributed by atoms with Crippen molar-refractivity contribution >= 4 is 11.6 Å². The normalized spacial score (nSPS) is 21.8. The van der Waals surface area contributed by atoms with Crippen LogP contribution in [0.4, 0.5) is 5.69 Å². The van der Waals surface area contributed by atoms with Crippen LogP contribution < -0.4 is 5.32 Å². The minimum atomic E-state index is 0.0687. The maximum absolute atomic E-state index is 12.3. The third-order valence-electron chi connectivity index (χ3n) is 4.14. The summed E-state index contributed by atoms with van der Waals surface area (Å²) in [6, 6.07) is 5.21. The minimum Gasteiger partial charge on any atom is -0.508 e. The molecule has 1 aromatic carbocycles. The van der Waals surface area contributed by atoms with Gasteiger partial charge in [0.15, 0.2) is 0 Å². The summed E-state index contributed by atoms with van der Waals surface area (Å²) in [5.74, 6) is 0.365. The molecule has 0 heterocycles. The van der Waals surface area contributed by atoms with Crippen molar-refractivity contribution in [1.82, 2.24) is 0 Å². The summed E-state index contributed by atoms with van der Waals surface area (Å²) in [7, 11) is 0. The van der Waals surface area contributed by atoms with E-state index < -0.39 is 0 Å². The van der Waals surface area contributed by atoms with Crippen LogP contribution in [0.5, 0.6) is 5.75 Å². The molecule has 1 aliphatic rings. The minimum absolute atomic E-state index is 0.0687. The van der Waals surface area contributed by atoms with Gasteiger partial charge in [0, 0.05) is 17.2 Å². The Kier molecular flexibility index (Phi) is 3.33. The summed E-state index contributed by atoms with van der Waals surface area (Å²) in [4.78, 5) is 12.3. The molecule has 0 spiro atoms. The fourth-order valence-electron chi connectivity index (χ4n) is 2.79. The van der Waals surface area contributed by atoms with E-state index in [0.717, 1.165) is 24.8 Å². The number of rotatable bonds is 2. The number of hydrogen-bond acceptors (Lipinski definition) is 2. The standard InChI is InChI=1S/C15H21NO2/c1-10-12(7-4-8-13(10)17)16-14(18)11-6-5-9-15(11,2)3/h4,7-8,11,17H,5-6,9H2,1-3H3,(H,16,18). The molecule has 0 aliphatic heterocycles. The number of amides is 1. The molecule has 1 aromatic rings. The van der Waals surface area contributed by atoms with Crippen molar-refractivity contribution < 1.29 is 9.90 Å². The molecule has 0 aromatic heterocycles. The highest BCUT2D eigenvalue weighted by molar-refractivity contribution is 5.94. The largest absolute Gasteiger partial charge is 0.508 e. The first kappa shape index (κ1) is 12.9. The number of nitrogens with one attached hydrogen (secondary N) is 1. The molecule has 0 saturated heterocycles.